The molecule has 0 spiro atoms. The zero-order valence-corrected chi connectivity index (χ0v) is 12.8. The molecule has 1 heterocycles. The predicted molar refractivity (Wildman–Crippen MR) is 77.3 cm³/mol. The van der Waals surface area contributed by atoms with Gasteiger partial charge in [-0.3, -0.25) is 4.68 Å². The van der Waals surface area contributed by atoms with Crippen molar-refractivity contribution in [1.29, 1.82) is 0 Å². The molecule has 2 rings (SSSR count). The molecular weight excluding hydrogens is 309 g/mol. The lowest BCUT2D eigenvalue weighted by atomic mass is 10.1. The molecule has 0 amide bonds. The smallest absolute Gasteiger partial charge is 0.137 e. The molecule has 0 aliphatic rings. The highest BCUT2D eigenvalue weighted by Gasteiger charge is 2.11. The third kappa shape index (κ3) is 3.22. The number of hydrogen-bond acceptors (Lipinski definition) is 2. The quantitative estimate of drug-likeness (QED) is 0.932. The van der Waals surface area contributed by atoms with E-state index in [1.54, 1.807) is 12.1 Å². The van der Waals surface area contributed by atoms with Crippen LogP contribution in [0.15, 0.2) is 28.9 Å². The Labute approximate surface area is 121 Å². The number of hydrogen-bond donors (Lipinski definition) is 1. The van der Waals surface area contributed by atoms with Crippen molar-refractivity contribution in [3.8, 4) is 0 Å². The van der Waals surface area contributed by atoms with Crippen LogP contribution < -0.4 is 5.32 Å². The van der Waals surface area contributed by atoms with E-state index < -0.39 is 0 Å². The standard InChI is InChI=1S/C14H17BrFN3/c1-9(12-8-18-19(3)10(12)2)17-7-11-4-5-13(15)14(16)6-11/h4-6,8-9,17H,7H2,1-3H3. The van der Waals surface area contributed by atoms with Crippen LogP contribution in [0.1, 0.15) is 29.8 Å². The van der Waals surface area contributed by atoms with E-state index in [1.807, 2.05) is 30.9 Å². The second kappa shape index (κ2) is 5.84. The molecule has 0 saturated heterocycles. The minimum absolute atomic E-state index is 0.181. The lowest BCUT2D eigenvalue weighted by Gasteiger charge is -2.14. The van der Waals surface area contributed by atoms with E-state index in [4.69, 9.17) is 0 Å². The van der Waals surface area contributed by atoms with E-state index in [0.29, 0.717) is 11.0 Å². The second-order valence-electron chi connectivity index (χ2n) is 4.66. The number of halogens is 2. The van der Waals surface area contributed by atoms with Crippen molar-refractivity contribution in [2.45, 2.75) is 26.4 Å². The van der Waals surface area contributed by atoms with Gasteiger partial charge in [-0.1, -0.05) is 6.07 Å². The van der Waals surface area contributed by atoms with Crippen LogP contribution in [-0.2, 0) is 13.6 Å². The van der Waals surface area contributed by atoms with Crippen molar-refractivity contribution in [3.05, 3.63) is 51.5 Å². The molecule has 0 aliphatic heterocycles. The average molecular weight is 326 g/mol. The molecule has 3 nitrogen and oxygen atoms in total. The normalized spacial score (nSPS) is 12.7. The van der Waals surface area contributed by atoms with E-state index in [2.05, 4.69) is 33.3 Å². The predicted octanol–water partition coefficient (Wildman–Crippen LogP) is 3.48. The van der Waals surface area contributed by atoms with Crippen LogP contribution in [0.25, 0.3) is 0 Å². The van der Waals surface area contributed by atoms with E-state index in [-0.39, 0.29) is 11.9 Å². The summed E-state index contributed by atoms with van der Waals surface area (Å²) in [6.45, 7) is 4.75. The van der Waals surface area contributed by atoms with Crippen LogP contribution in [-0.4, -0.2) is 9.78 Å². The molecule has 0 saturated carbocycles. The van der Waals surface area contributed by atoms with Crippen molar-refractivity contribution < 1.29 is 4.39 Å². The maximum absolute atomic E-state index is 13.4. The van der Waals surface area contributed by atoms with Crippen LogP contribution in [0.2, 0.25) is 0 Å². The number of rotatable bonds is 4. The molecule has 0 aliphatic carbocycles. The van der Waals surface area contributed by atoms with E-state index in [1.165, 1.54) is 5.56 Å². The maximum atomic E-state index is 13.4. The molecule has 1 aromatic carbocycles. The van der Waals surface area contributed by atoms with Gasteiger partial charge in [0.25, 0.3) is 0 Å². The number of benzene rings is 1. The first-order valence-electron chi connectivity index (χ1n) is 6.15. The average Bonchev–Trinajstić information content (AvgIpc) is 2.71. The molecule has 0 fully saturated rings. The van der Waals surface area contributed by atoms with Crippen molar-refractivity contribution >= 4 is 15.9 Å². The van der Waals surface area contributed by atoms with Crippen molar-refractivity contribution in [1.82, 2.24) is 15.1 Å². The number of aryl methyl sites for hydroxylation is 1. The summed E-state index contributed by atoms with van der Waals surface area (Å²) >= 11 is 3.15. The second-order valence-corrected chi connectivity index (χ2v) is 5.51. The Kier molecular flexibility index (Phi) is 4.37. The number of nitrogens with zero attached hydrogens (tertiary/aromatic N) is 2. The largest absolute Gasteiger partial charge is 0.306 e. The third-order valence-electron chi connectivity index (χ3n) is 3.34. The van der Waals surface area contributed by atoms with Gasteiger partial charge in [0.2, 0.25) is 0 Å². The van der Waals surface area contributed by atoms with Crippen molar-refractivity contribution in [2.75, 3.05) is 0 Å². The van der Waals surface area contributed by atoms with Crippen LogP contribution >= 0.6 is 15.9 Å². The van der Waals surface area contributed by atoms with Gasteiger partial charge in [0.05, 0.1) is 10.7 Å². The Hall–Kier alpha value is -1.20. The van der Waals surface area contributed by atoms with Gasteiger partial charge in [0.15, 0.2) is 0 Å². The topological polar surface area (TPSA) is 29.9 Å². The Morgan fingerprint density at radius 2 is 2.21 bits per heavy atom. The van der Waals surface area contributed by atoms with Crippen molar-refractivity contribution in [3.63, 3.8) is 0 Å². The summed E-state index contributed by atoms with van der Waals surface area (Å²) in [6, 6.07) is 5.36. The van der Waals surface area contributed by atoms with Gasteiger partial charge < -0.3 is 5.32 Å². The highest BCUT2D eigenvalue weighted by molar-refractivity contribution is 9.10. The summed E-state index contributed by atoms with van der Waals surface area (Å²) in [7, 11) is 1.93. The number of nitrogens with one attached hydrogen (secondary N) is 1. The molecule has 1 unspecified atom stereocenters. The first kappa shape index (κ1) is 14.2. The van der Waals surface area contributed by atoms with Crippen LogP contribution in [0.5, 0.6) is 0 Å². The lowest BCUT2D eigenvalue weighted by molar-refractivity contribution is 0.565. The molecule has 1 N–H and O–H groups in total. The Morgan fingerprint density at radius 3 is 2.79 bits per heavy atom. The zero-order valence-electron chi connectivity index (χ0n) is 11.2. The SMILES string of the molecule is Cc1c(C(C)NCc2ccc(Br)c(F)c2)cnn1C. The minimum atomic E-state index is -0.232. The van der Waals surface area contributed by atoms with Gasteiger partial charge in [-0.2, -0.15) is 5.10 Å². The molecule has 2 aromatic rings. The summed E-state index contributed by atoms with van der Waals surface area (Å²) < 4.78 is 15.8. The molecular formula is C14H17BrFN3. The highest BCUT2D eigenvalue weighted by Crippen LogP contribution is 2.19. The van der Waals surface area contributed by atoms with E-state index in [9.17, 15) is 4.39 Å². The first-order valence-corrected chi connectivity index (χ1v) is 6.94. The molecule has 0 bridgehead atoms. The zero-order chi connectivity index (χ0) is 14.0. The molecule has 102 valence electrons. The fourth-order valence-electron chi connectivity index (χ4n) is 1.97. The van der Waals surface area contributed by atoms with Gasteiger partial charge in [0.1, 0.15) is 5.82 Å². The molecule has 0 radical (unpaired) electrons. The van der Waals surface area contributed by atoms with Crippen molar-refractivity contribution in [2.24, 2.45) is 7.05 Å². The maximum Gasteiger partial charge on any atom is 0.137 e. The monoisotopic (exact) mass is 325 g/mol. The first-order chi connectivity index (χ1) is 8.99. The molecule has 19 heavy (non-hydrogen) atoms. The van der Waals surface area contributed by atoms with Gasteiger partial charge in [-0.05, 0) is 47.5 Å². The summed E-state index contributed by atoms with van der Waals surface area (Å²) in [5.74, 6) is -0.232. The molecule has 1 aromatic heterocycles. The summed E-state index contributed by atoms with van der Waals surface area (Å²) in [4.78, 5) is 0. The fourth-order valence-corrected chi connectivity index (χ4v) is 2.22. The van der Waals surface area contributed by atoms with Crippen LogP contribution in [0.4, 0.5) is 4.39 Å². The summed E-state index contributed by atoms with van der Waals surface area (Å²) in [5, 5.41) is 7.61. The van der Waals surface area contributed by atoms with Gasteiger partial charge in [-0.15, -0.1) is 0 Å². The summed E-state index contributed by atoms with van der Waals surface area (Å²) in [6.07, 6.45) is 1.87. The van der Waals surface area contributed by atoms with Gasteiger partial charge in [-0.25, -0.2) is 4.39 Å². The Balaban J connectivity index is 2.02. The fraction of sp³-hybridized carbons (Fsp3) is 0.357. The van der Waals surface area contributed by atoms with Gasteiger partial charge >= 0.3 is 0 Å². The Morgan fingerprint density at radius 1 is 1.47 bits per heavy atom. The highest BCUT2D eigenvalue weighted by atomic mass is 79.9. The number of aromatic nitrogens is 2. The molecule has 1 atom stereocenters. The third-order valence-corrected chi connectivity index (χ3v) is 3.98. The van der Waals surface area contributed by atoms with E-state index >= 15 is 0 Å². The summed E-state index contributed by atoms with van der Waals surface area (Å²) in [5.41, 5.74) is 3.23. The van der Waals surface area contributed by atoms with Crippen LogP contribution in [0, 0.1) is 12.7 Å². The molecule has 5 heteroatoms. The van der Waals surface area contributed by atoms with Gasteiger partial charge in [0, 0.05) is 30.9 Å². The van der Waals surface area contributed by atoms with Crippen LogP contribution in [0.3, 0.4) is 0 Å². The lowest BCUT2D eigenvalue weighted by Crippen LogP contribution is -2.18. The van der Waals surface area contributed by atoms with E-state index in [0.717, 1.165) is 11.3 Å². The minimum Gasteiger partial charge on any atom is -0.306 e. The Bertz CT molecular complexity index is 580.